The van der Waals surface area contributed by atoms with Crippen molar-refractivity contribution in [2.24, 2.45) is 0 Å². The molecule has 0 aromatic heterocycles. The third kappa shape index (κ3) is 7.31. The molecule has 13 heteroatoms. The highest BCUT2D eigenvalue weighted by atomic mass is 35.5. The Morgan fingerprint density at radius 1 is 1.10 bits per heavy atom. The molecule has 0 saturated heterocycles. The first-order valence-corrected chi connectivity index (χ1v) is 10.2. The summed E-state index contributed by atoms with van der Waals surface area (Å²) in [5.41, 5.74) is 3.93. The van der Waals surface area contributed by atoms with Gasteiger partial charge in [-0.15, -0.1) is 11.8 Å². The van der Waals surface area contributed by atoms with Crippen molar-refractivity contribution in [2.45, 2.75) is 4.90 Å². The van der Waals surface area contributed by atoms with E-state index in [1.54, 1.807) is 18.2 Å². The quantitative estimate of drug-likeness (QED) is 0.295. The molecule has 0 aliphatic carbocycles. The molecular weight excluding hydrogens is 471 g/mol. The molecule has 0 atom stereocenters. The molecule has 2 aromatic carbocycles. The van der Waals surface area contributed by atoms with Crippen LogP contribution in [0.3, 0.4) is 0 Å². The topological polar surface area (TPSA) is 140 Å². The summed E-state index contributed by atoms with van der Waals surface area (Å²) in [5, 5.41) is 14.2. The smallest absolute Gasteiger partial charge is 0.311 e. The molecule has 0 spiro atoms. The lowest BCUT2D eigenvalue weighted by atomic mass is 10.1. The fraction of sp³-hybridized carbons (Fsp3) is 0.167. The van der Waals surface area contributed by atoms with Gasteiger partial charge in [-0.2, -0.15) is 0 Å². The van der Waals surface area contributed by atoms with Crippen LogP contribution in [0.25, 0.3) is 0 Å². The molecule has 2 aromatic rings. The molecule has 31 heavy (non-hydrogen) atoms. The number of ether oxygens (including phenoxy) is 1. The van der Waals surface area contributed by atoms with Gasteiger partial charge in [0.1, 0.15) is 0 Å². The molecule has 3 N–H and O–H groups in total. The van der Waals surface area contributed by atoms with Crippen molar-refractivity contribution in [1.82, 2.24) is 16.2 Å². The standard InChI is InChI=1S/C18H16Cl2N4O6S/c1-30-14-5-2-10(6-13(14)24(28)29)18(27)21-8-16(25)22-23-17(26)9-31-15-7-11(19)3-4-12(15)20/h2-7H,8-9H2,1H3,(H,21,27)(H,22,25)(H,23,26). The Labute approximate surface area is 190 Å². The molecule has 2 rings (SSSR count). The van der Waals surface area contributed by atoms with E-state index in [-0.39, 0.29) is 22.8 Å². The molecule has 0 aliphatic heterocycles. The maximum Gasteiger partial charge on any atom is 0.311 e. The van der Waals surface area contributed by atoms with Gasteiger partial charge < -0.3 is 10.1 Å². The minimum atomic E-state index is -0.710. The van der Waals surface area contributed by atoms with Crippen molar-refractivity contribution >= 4 is 58.4 Å². The zero-order valence-electron chi connectivity index (χ0n) is 15.9. The van der Waals surface area contributed by atoms with Crippen molar-refractivity contribution in [1.29, 1.82) is 0 Å². The average molecular weight is 487 g/mol. The maximum absolute atomic E-state index is 12.1. The van der Waals surface area contributed by atoms with Crippen molar-refractivity contribution < 1.29 is 24.0 Å². The van der Waals surface area contributed by atoms with E-state index < -0.39 is 29.2 Å². The number of hydrazine groups is 1. The number of methoxy groups -OCH3 is 1. The van der Waals surface area contributed by atoms with Crippen molar-refractivity contribution in [2.75, 3.05) is 19.4 Å². The van der Waals surface area contributed by atoms with Crippen molar-refractivity contribution in [3.8, 4) is 5.75 Å². The predicted molar refractivity (Wildman–Crippen MR) is 115 cm³/mol. The number of rotatable bonds is 8. The first-order valence-electron chi connectivity index (χ1n) is 8.47. The molecule has 0 radical (unpaired) electrons. The van der Waals surface area contributed by atoms with Crippen LogP contribution in [0.15, 0.2) is 41.3 Å². The summed E-state index contributed by atoms with van der Waals surface area (Å²) in [6.07, 6.45) is 0. The molecule has 0 saturated carbocycles. The second kappa shape index (κ2) is 11.4. The number of benzene rings is 2. The van der Waals surface area contributed by atoms with Crippen LogP contribution in [0.2, 0.25) is 10.0 Å². The van der Waals surface area contributed by atoms with E-state index in [4.69, 9.17) is 27.9 Å². The van der Waals surface area contributed by atoms with E-state index in [1.807, 2.05) is 0 Å². The molecule has 164 valence electrons. The highest BCUT2D eigenvalue weighted by Gasteiger charge is 2.18. The van der Waals surface area contributed by atoms with Crippen LogP contribution in [0.5, 0.6) is 5.75 Å². The fourth-order valence-electron chi connectivity index (χ4n) is 2.19. The van der Waals surface area contributed by atoms with Gasteiger partial charge in [0, 0.05) is 21.5 Å². The van der Waals surface area contributed by atoms with Crippen LogP contribution >= 0.6 is 35.0 Å². The van der Waals surface area contributed by atoms with E-state index >= 15 is 0 Å². The largest absolute Gasteiger partial charge is 0.490 e. The minimum absolute atomic E-state index is 0.000984. The Balaban J connectivity index is 1.79. The summed E-state index contributed by atoms with van der Waals surface area (Å²) in [6, 6.07) is 8.46. The molecule has 3 amide bonds. The lowest BCUT2D eigenvalue weighted by Crippen LogP contribution is -2.46. The monoisotopic (exact) mass is 486 g/mol. The number of nitrogens with zero attached hydrogens (tertiary/aromatic N) is 1. The summed E-state index contributed by atoms with van der Waals surface area (Å²) in [5.74, 6) is -1.96. The Morgan fingerprint density at radius 2 is 1.81 bits per heavy atom. The summed E-state index contributed by atoms with van der Waals surface area (Å²) in [4.78, 5) is 46.7. The molecule has 0 fully saturated rings. The Hall–Kier alpha value is -3.02. The van der Waals surface area contributed by atoms with Gasteiger partial charge in [0.15, 0.2) is 5.75 Å². The van der Waals surface area contributed by atoms with Gasteiger partial charge in [-0.25, -0.2) is 0 Å². The highest BCUT2D eigenvalue weighted by molar-refractivity contribution is 8.00. The summed E-state index contributed by atoms with van der Waals surface area (Å²) in [7, 11) is 1.27. The lowest BCUT2D eigenvalue weighted by molar-refractivity contribution is -0.385. The van der Waals surface area contributed by atoms with E-state index in [1.165, 1.54) is 19.2 Å². The van der Waals surface area contributed by atoms with Gasteiger partial charge in [0.25, 0.3) is 11.8 Å². The van der Waals surface area contributed by atoms with Gasteiger partial charge in [0.2, 0.25) is 5.91 Å². The molecule has 0 heterocycles. The normalized spacial score (nSPS) is 10.2. The lowest BCUT2D eigenvalue weighted by Gasteiger charge is -2.09. The summed E-state index contributed by atoms with van der Waals surface area (Å²) >= 11 is 13.0. The van der Waals surface area contributed by atoms with Crippen LogP contribution in [-0.2, 0) is 9.59 Å². The third-order valence-electron chi connectivity index (χ3n) is 3.64. The zero-order chi connectivity index (χ0) is 23.0. The van der Waals surface area contributed by atoms with E-state index in [0.29, 0.717) is 14.9 Å². The third-order valence-corrected chi connectivity index (χ3v) is 5.37. The second-order valence-electron chi connectivity index (χ2n) is 5.79. The Bertz CT molecular complexity index is 1020. The SMILES string of the molecule is COc1ccc(C(=O)NCC(=O)NNC(=O)CSc2cc(Cl)ccc2Cl)cc1[N+](=O)[O-]. The Kier molecular flexibility index (Phi) is 8.91. The fourth-order valence-corrected chi connectivity index (χ4v) is 3.48. The minimum Gasteiger partial charge on any atom is -0.490 e. The number of amides is 3. The number of thioether (sulfide) groups is 1. The predicted octanol–water partition coefficient (Wildman–Crippen LogP) is 2.58. The zero-order valence-corrected chi connectivity index (χ0v) is 18.3. The van der Waals surface area contributed by atoms with Crippen LogP contribution in [0.4, 0.5) is 5.69 Å². The highest BCUT2D eigenvalue weighted by Crippen LogP contribution is 2.29. The van der Waals surface area contributed by atoms with E-state index in [0.717, 1.165) is 17.8 Å². The number of carbonyl (C=O) groups is 3. The summed E-state index contributed by atoms with van der Waals surface area (Å²) < 4.78 is 4.86. The molecule has 0 bridgehead atoms. The van der Waals surface area contributed by atoms with Crippen molar-refractivity contribution in [3.63, 3.8) is 0 Å². The van der Waals surface area contributed by atoms with Gasteiger partial charge in [-0.05, 0) is 30.3 Å². The molecule has 0 unspecified atom stereocenters. The van der Waals surface area contributed by atoms with Crippen LogP contribution in [0, 0.1) is 10.1 Å². The second-order valence-corrected chi connectivity index (χ2v) is 7.65. The van der Waals surface area contributed by atoms with Crippen LogP contribution in [0.1, 0.15) is 10.4 Å². The van der Waals surface area contributed by atoms with Crippen LogP contribution in [-0.4, -0.2) is 42.1 Å². The van der Waals surface area contributed by atoms with E-state index in [9.17, 15) is 24.5 Å². The number of halogens is 2. The van der Waals surface area contributed by atoms with Gasteiger partial charge >= 0.3 is 5.69 Å². The van der Waals surface area contributed by atoms with Gasteiger partial charge in [-0.3, -0.25) is 35.3 Å². The average Bonchev–Trinajstić information content (AvgIpc) is 2.75. The van der Waals surface area contributed by atoms with Gasteiger partial charge in [0.05, 0.1) is 29.4 Å². The Morgan fingerprint density at radius 3 is 2.48 bits per heavy atom. The molecular formula is C18H16Cl2N4O6S. The number of nitro benzene ring substituents is 1. The van der Waals surface area contributed by atoms with Gasteiger partial charge in [-0.1, -0.05) is 23.2 Å². The first kappa shape index (κ1) is 24.3. The first-order chi connectivity index (χ1) is 14.7. The molecule has 0 aliphatic rings. The summed E-state index contributed by atoms with van der Waals surface area (Å²) in [6.45, 7) is -0.466. The van der Waals surface area contributed by atoms with Crippen LogP contribution < -0.4 is 20.9 Å². The number of nitro groups is 1. The number of hydrogen-bond acceptors (Lipinski definition) is 7. The maximum atomic E-state index is 12.1. The number of hydrogen-bond donors (Lipinski definition) is 3. The van der Waals surface area contributed by atoms with Crippen molar-refractivity contribution in [3.05, 3.63) is 62.1 Å². The van der Waals surface area contributed by atoms with E-state index in [2.05, 4.69) is 16.2 Å². The molecule has 10 nitrogen and oxygen atoms in total. The number of carbonyl (C=O) groups excluding carboxylic acids is 3. The number of nitrogens with one attached hydrogen (secondary N) is 3.